The van der Waals surface area contributed by atoms with E-state index in [1.807, 2.05) is 19.9 Å². The van der Waals surface area contributed by atoms with Crippen molar-refractivity contribution < 1.29 is 19.4 Å². The molecule has 2 aromatic carbocycles. The molecule has 0 bridgehead atoms. The molecule has 34 heavy (non-hydrogen) atoms. The summed E-state index contributed by atoms with van der Waals surface area (Å²) in [6, 6.07) is 10.6. The maximum absolute atomic E-state index is 11.7. The molecule has 0 aliphatic carbocycles. The van der Waals surface area contributed by atoms with Crippen molar-refractivity contribution in [1.29, 1.82) is 5.26 Å². The Balaban J connectivity index is 1.72. The number of nitrogens with zero attached hydrogens (tertiary/aromatic N) is 1. The topological polar surface area (TPSA) is 95.3 Å². The van der Waals surface area contributed by atoms with Crippen LogP contribution in [-0.4, -0.2) is 22.7 Å². The smallest absolute Gasteiger partial charge is 0.306 e. The van der Waals surface area contributed by atoms with Crippen molar-refractivity contribution in [3.8, 4) is 6.07 Å². The molecule has 1 aliphatic rings. The highest BCUT2D eigenvalue weighted by molar-refractivity contribution is 5.94. The minimum Gasteiger partial charge on any atom is -0.481 e. The Hall–Kier alpha value is -3.14. The van der Waals surface area contributed by atoms with E-state index in [0.29, 0.717) is 38.2 Å². The van der Waals surface area contributed by atoms with Crippen molar-refractivity contribution in [3.63, 3.8) is 0 Å². The van der Waals surface area contributed by atoms with E-state index in [4.69, 9.17) is 9.47 Å². The van der Waals surface area contributed by atoms with Crippen LogP contribution in [0.25, 0.3) is 10.9 Å². The number of nitrogens with one attached hydrogen (secondary N) is 1. The van der Waals surface area contributed by atoms with Crippen LogP contribution in [-0.2, 0) is 39.5 Å². The lowest BCUT2D eigenvalue weighted by atomic mass is 9.84. The Morgan fingerprint density at radius 2 is 2.00 bits per heavy atom. The second-order valence-electron chi connectivity index (χ2n) is 9.38. The van der Waals surface area contributed by atoms with Crippen LogP contribution in [0.5, 0.6) is 0 Å². The number of hydrogen-bond donors (Lipinski definition) is 2. The van der Waals surface area contributed by atoms with Crippen LogP contribution in [0.2, 0.25) is 0 Å². The van der Waals surface area contributed by atoms with Gasteiger partial charge in [0.15, 0.2) is 0 Å². The Kier molecular flexibility index (Phi) is 6.79. The van der Waals surface area contributed by atoms with Crippen molar-refractivity contribution in [2.45, 2.75) is 72.2 Å². The average molecular weight is 461 g/mol. The van der Waals surface area contributed by atoms with Crippen LogP contribution in [0.15, 0.2) is 24.3 Å². The quantitative estimate of drug-likeness (QED) is 0.448. The number of carboxylic acid groups (broad SMARTS) is 1. The van der Waals surface area contributed by atoms with Crippen LogP contribution in [0.3, 0.4) is 0 Å². The van der Waals surface area contributed by atoms with Crippen LogP contribution in [0.1, 0.15) is 70.8 Å². The first-order chi connectivity index (χ1) is 16.3. The molecule has 4 rings (SSSR count). The standard InChI is InChI=1S/C28H32N2O4/c1-5-9-28(13-24(31)32)27-23(8-10-34-28)25-21(14-29)12-22(19(4)26(25)30-27)16-33-15-20-7-6-17(2)11-18(20)3/h6-7,11-12,30H,5,8-10,13,15-16H2,1-4H3,(H,31,32). The molecule has 0 saturated heterocycles. The third-order valence-corrected chi connectivity index (χ3v) is 6.96. The first kappa shape index (κ1) is 24.0. The largest absolute Gasteiger partial charge is 0.481 e. The number of carboxylic acids is 1. The molecule has 178 valence electrons. The highest BCUT2D eigenvalue weighted by Gasteiger charge is 2.42. The summed E-state index contributed by atoms with van der Waals surface area (Å²) in [7, 11) is 0. The molecule has 2 N–H and O–H groups in total. The van der Waals surface area contributed by atoms with Crippen LogP contribution >= 0.6 is 0 Å². The second kappa shape index (κ2) is 9.61. The third-order valence-electron chi connectivity index (χ3n) is 6.96. The van der Waals surface area contributed by atoms with Crippen LogP contribution in [0, 0.1) is 32.1 Å². The first-order valence-electron chi connectivity index (χ1n) is 11.9. The number of ether oxygens (including phenoxy) is 2. The molecule has 0 radical (unpaired) electrons. The molecule has 0 fully saturated rings. The zero-order valence-corrected chi connectivity index (χ0v) is 20.4. The van der Waals surface area contributed by atoms with E-state index in [1.54, 1.807) is 0 Å². The van der Waals surface area contributed by atoms with Crippen molar-refractivity contribution in [3.05, 3.63) is 68.9 Å². The molecule has 6 nitrogen and oxygen atoms in total. The summed E-state index contributed by atoms with van der Waals surface area (Å²) < 4.78 is 12.2. The van der Waals surface area contributed by atoms with Gasteiger partial charge in [-0.05, 0) is 67.5 Å². The molecular formula is C28H32N2O4. The van der Waals surface area contributed by atoms with Gasteiger partial charge in [-0.15, -0.1) is 0 Å². The number of aryl methyl sites for hydroxylation is 3. The minimum absolute atomic E-state index is 0.104. The van der Waals surface area contributed by atoms with E-state index in [0.717, 1.165) is 45.3 Å². The lowest BCUT2D eigenvalue weighted by Crippen LogP contribution is -2.37. The highest BCUT2D eigenvalue weighted by atomic mass is 16.5. The number of H-pyrrole nitrogens is 1. The molecule has 3 aromatic rings. The summed E-state index contributed by atoms with van der Waals surface area (Å²) in [5.41, 5.74) is 7.94. The van der Waals surface area contributed by atoms with E-state index in [-0.39, 0.29) is 6.42 Å². The molecule has 0 spiro atoms. The molecule has 6 heteroatoms. The Labute approximate surface area is 200 Å². The number of aromatic nitrogens is 1. The third kappa shape index (κ3) is 4.34. The van der Waals surface area contributed by atoms with E-state index in [9.17, 15) is 15.2 Å². The van der Waals surface area contributed by atoms with Gasteiger partial charge in [0.05, 0.1) is 49.1 Å². The maximum atomic E-state index is 11.7. The zero-order valence-electron chi connectivity index (χ0n) is 20.4. The number of hydrogen-bond acceptors (Lipinski definition) is 4. The Bertz CT molecular complexity index is 1280. The number of aromatic amines is 1. The Morgan fingerprint density at radius 3 is 2.68 bits per heavy atom. The van der Waals surface area contributed by atoms with Gasteiger partial charge in [-0.2, -0.15) is 5.26 Å². The van der Waals surface area contributed by atoms with Crippen molar-refractivity contribution in [1.82, 2.24) is 4.98 Å². The van der Waals surface area contributed by atoms with Gasteiger partial charge < -0.3 is 19.6 Å². The monoisotopic (exact) mass is 460 g/mol. The average Bonchev–Trinajstić information content (AvgIpc) is 3.18. The van der Waals surface area contributed by atoms with Gasteiger partial charge in [0, 0.05) is 5.39 Å². The predicted octanol–water partition coefficient (Wildman–Crippen LogP) is 5.72. The van der Waals surface area contributed by atoms with Gasteiger partial charge in [-0.25, -0.2) is 0 Å². The number of benzene rings is 2. The molecule has 1 atom stereocenters. The fraction of sp³-hybridized carbons (Fsp3) is 0.429. The number of aliphatic carboxylic acids is 1. The lowest BCUT2D eigenvalue weighted by Gasteiger charge is -2.36. The minimum atomic E-state index is -0.897. The molecule has 1 aromatic heterocycles. The summed E-state index contributed by atoms with van der Waals surface area (Å²) in [6.45, 7) is 9.55. The molecule has 0 saturated carbocycles. The van der Waals surface area contributed by atoms with E-state index < -0.39 is 11.6 Å². The zero-order chi connectivity index (χ0) is 24.5. The van der Waals surface area contributed by atoms with Crippen molar-refractivity contribution >= 4 is 16.9 Å². The number of fused-ring (bicyclic) bond motifs is 3. The summed E-state index contributed by atoms with van der Waals surface area (Å²) >= 11 is 0. The maximum Gasteiger partial charge on any atom is 0.306 e. The predicted molar refractivity (Wildman–Crippen MR) is 131 cm³/mol. The van der Waals surface area contributed by atoms with Gasteiger partial charge in [0.1, 0.15) is 5.60 Å². The summed E-state index contributed by atoms with van der Waals surface area (Å²) in [6.07, 6.45) is 1.94. The van der Waals surface area contributed by atoms with Crippen molar-refractivity contribution in [2.24, 2.45) is 0 Å². The van der Waals surface area contributed by atoms with E-state index >= 15 is 0 Å². The van der Waals surface area contributed by atoms with E-state index in [1.165, 1.54) is 11.1 Å². The summed E-state index contributed by atoms with van der Waals surface area (Å²) in [5, 5.41) is 20.5. The molecular weight excluding hydrogens is 428 g/mol. The summed E-state index contributed by atoms with van der Waals surface area (Å²) in [5.74, 6) is -0.891. The van der Waals surface area contributed by atoms with E-state index in [2.05, 4.69) is 43.1 Å². The van der Waals surface area contributed by atoms with Gasteiger partial charge in [0.2, 0.25) is 0 Å². The Morgan fingerprint density at radius 1 is 1.24 bits per heavy atom. The molecule has 1 aliphatic heterocycles. The highest BCUT2D eigenvalue weighted by Crippen LogP contribution is 2.44. The number of rotatable bonds is 8. The number of carbonyl (C=O) groups is 1. The lowest BCUT2D eigenvalue weighted by molar-refractivity contribution is -0.149. The fourth-order valence-electron chi connectivity index (χ4n) is 5.28. The SMILES string of the molecule is CCCC1(CC(=O)O)OCCc2c1[nH]c1c(C)c(COCc3ccc(C)cc3C)cc(C#N)c21. The van der Waals surface area contributed by atoms with Crippen LogP contribution in [0.4, 0.5) is 0 Å². The first-order valence-corrected chi connectivity index (χ1v) is 11.9. The molecule has 0 amide bonds. The van der Waals surface area contributed by atoms with Gasteiger partial charge >= 0.3 is 5.97 Å². The van der Waals surface area contributed by atoms with Crippen LogP contribution < -0.4 is 0 Å². The normalized spacial score (nSPS) is 17.5. The van der Waals surface area contributed by atoms with Gasteiger partial charge in [0.25, 0.3) is 0 Å². The van der Waals surface area contributed by atoms with Gasteiger partial charge in [-0.3, -0.25) is 4.79 Å². The summed E-state index contributed by atoms with van der Waals surface area (Å²) in [4.78, 5) is 15.2. The fourth-order valence-corrected chi connectivity index (χ4v) is 5.28. The second-order valence-corrected chi connectivity index (χ2v) is 9.38. The van der Waals surface area contributed by atoms with Crippen molar-refractivity contribution in [2.75, 3.05) is 6.61 Å². The molecule has 2 heterocycles. The molecule has 1 unspecified atom stereocenters. The number of nitriles is 1. The van der Waals surface area contributed by atoms with Gasteiger partial charge in [-0.1, -0.05) is 37.1 Å².